The van der Waals surface area contributed by atoms with E-state index in [0.717, 1.165) is 18.4 Å². The summed E-state index contributed by atoms with van der Waals surface area (Å²) in [5.41, 5.74) is 3.12. The molecule has 1 aromatic heterocycles. The van der Waals surface area contributed by atoms with E-state index in [-0.39, 0.29) is 23.0 Å². The summed E-state index contributed by atoms with van der Waals surface area (Å²) in [6.45, 7) is 1.47. The lowest BCUT2D eigenvalue weighted by molar-refractivity contribution is -0.139. The number of nitrogens with zero attached hydrogens (tertiary/aromatic N) is 3. The Balaban J connectivity index is 2.20. The summed E-state index contributed by atoms with van der Waals surface area (Å²) in [6, 6.07) is 9.91. The van der Waals surface area contributed by atoms with Gasteiger partial charge in [-0.25, -0.2) is 18.2 Å². The second-order valence-electron chi connectivity index (χ2n) is 7.14. The standard InChI is InChI=1S/C22H18ClF3N4O5S/c1-3-34-21(31)17(27)16(23)18(28-15-10-5-4-9-14(15)22(24,25)26)20-30-29-19(35-20)12-7-6-8-13(11-12)36(2,32)33/h4-11H,3,27H2,1-2H3. The molecule has 0 unspecified atom stereocenters. The number of esters is 1. The van der Waals surface area contributed by atoms with E-state index in [4.69, 9.17) is 26.5 Å². The van der Waals surface area contributed by atoms with Gasteiger partial charge in [0, 0.05) is 11.8 Å². The highest BCUT2D eigenvalue weighted by molar-refractivity contribution is 7.90. The number of nitrogens with two attached hydrogens (primary N) is 1. The van der Waals surface area contributed by atoms with Crippen LogP contribution >= 0.6 is 11.6 Å². The highest BCUT2D eigenvalue weighted by atomic mass is 35.5. The van der Waals surface area contributed by atoms with E-state index in [2.05, 4.69) is 15.2 Å². The number of allylic oxidation sites excluding steroid dienone is 1. The Morgan fingerprint density at radius 2 is 1.86 bits per heavy atom. The van der Waals surface area contributed by atoms with E-state index in [0.29, 0.717) is 0 Å². The van der Waals surface area contributed by atoms with Gasteiger partial charge in [0.15, 0.2) is 9.84 Å². The van der Waals surface area contributed by atoms with Crippen LogP contribution in [0.4, 0.5) is 18.9 Å². The summed E-state index contributed by atoms with van der Waals surface area (Å²) < 4.78 is 74.7. The monoisotopic (exact) mass is 542 g/mol. The largest absolute Gasteiger partial charge is 0.461 e. The molecule has 3 aromatic rings. The van der Waals surface area contributed by atoms with Crippen molar-refractivity contribution in [2.24, 2.45) is 10.7 Å². The summed E-state index contributed by atoms with van der Waals surface area (Å²) in [4.78, 5) is 16.0. The van der Waals surface area contributed by atoms with Crippen molar-refractivity contribution in [3.05, 3.63) is 70.7 Å². The maximum absolute atomic E-state index is 13.5. The van der Waals surface area contributed by atoms with Crippen LogP contribution in [-0.4, -0.2) is 43.2 Å². The van der Waals surface area contributed by atoms with Gasteiger partial charge in [0.1, 0.15) is 16.4 Å². The normalized spacial score (nSPS) is 13.3. The fraction of sp³-hybridized carbons (Fsp3) is 0.182. The molecule has 1 heterocycles. The number of carbonyl (C=O) groups is 1. The van der Waals surface area contributed by atoms with Gasteiger partial charge >= 0.3 is 12.1 Å². The molecular weight excluding hydrogens is 525 g/mol. The Hall–Kier alpha value is -3.71. The third-order valence-electron chi connectivity index (χ3n) is 4.52. The molecule has 0 atom stereocenters. The quantitative estimate of drug-likeness (QED) is 0.266. The molecule has 3 rings (SSSR count). The van der Waals surface area contributed by atoms with Crippen molar-refractivity contribution >= 4 is 38.8 Å². The molecule has 2 aromatic carbocycles. The molecule has 14 heteroatoms. The van der Waals surface area contributed by atoms with Gasteiger partial charge in [-0.1, -0.05) is 29.8 Å². The molecule has 190 valence electrons. The average molecular weight is 543 g/mol. The highest BCUT2D eigenvalue weighted by Gasteiger charge is 2.34. The molecule has 0 fully saturated rings. The maximum Gasteiger partial charge on any atom is 0.418 e. The van der Waals surface area contributed by atoms with Crippen molar-refractivity contribution in [2.45, 2.75) is 18.0 Å². The first-order chi connectivity index (χ1) is 16.8. The average Bonchev–Trinajstić information content (AvgIpc) is 3.31. The van der Waals surface area contributed by atoms with Gasteiger partial charge in [0.25, 0.3) is 5.89 Å². The van der Waals surface area contributed by atoms with Gasteiger partial charge in [0.2, 0.25) is 5.89 Å². The van der Waals surface area contributed by atoms with Crippen molar-refractivity contribution in [3.8, 4) is 11.5 Å². The number of sulfone groups is 1. The van der Waals surface area contributed by atoms with Gasteiger partial charge in [-0.2, -0.15) is 13.2 Å². The lowest BCUT2D eigenvalue weighted by Gasteiger charge is -2.11. The number of aromatic nitrogens is 2. The van der Waals surface area contributed by atoms with E-state index < -0.39 is 55.6 Å². The first kappa shape index (κ1) is 26.9. The van der Waals surface area contributed by atoms with Crippen LogP contribution in [0.3, 0.4) is 0 Å². The second-order valence-corrected chi connectivity index (χ2v) is 9.53. The number of alkyl halides is 3. The molecule has 0 saturated carbocycles. The lowest BCUT2D eigenvalue weighted by atomic mass is 10.1. The zero-order valence-corrected chi connectivity index (χ0v) is 20.3. The fourth-order valence-electron chi connectivity index (χ4n) is 2.84. The smallest absolute Gasteiger partial charge is 0.418 e. The first-order valence-electron chi connectivity index (χ1n) is 10.0. The highest BCUT2D eigenvalue weighted by Crippen LogP contribution is 2.37. The molecule has 0 saturated heterocycles. The van der Waals surface area contributed by atoms with Gasteiger partial charge in [0.05, 0.1) is 22.8 Å². The minimum Gasteiger partial charge on any atom is -0.461 e. The molecule has 2 N–H and O–H groups in total. The Bertz CT molecular complexity index is 1470. The molecule has 9 nitrogen and oxygen atoms in total. The maximum atomic E-state index is 13.5. The number of para-hydroxylation sites is 1. The SMILES string of the molecule is CCOC(=O)C(N)=C(Cl)C(=Nc1ccccc1C(F)(F)F)c1nnc(-c2cccc(S(C)(=O)=O)c2)o1. The number of hydrogen-bond donors (Lipinski definition) is 1. The van der Waals surface area contributed by atoms with Gasteiger partial charge in [-0.05, 0) is 37.3 Å². The summed E-state index contributed by atoms with van der Waals surface area (Å²) in [7, 11) is -3.56. The summed E-state index contributed by atoms with van der Waals surface area (Å²) in [5, 5.41) is 7.00. The molecule has 0 aliphatic carbocycles. The van der Waals surface area contributed by atoms with E-state index in [9.17, 15) is 26.4 Å². The summed E-state index contributed by atoms with van der Waals surface area (Å²) in [6.07, 6.45) is -3.75. The van der Waals surface area contributed by atoms with Crippen LogP contribution in [0.2, 0.25) is 0 Å². The zero-order valence-electron chi connectivity index (χ0n) is 18.7. The third-order valence-corrected chi connectivity index (χ3v) is 6.01. The van der Waals surface area contributed by atoms with Crippen LogP contribution in [0.15, 0.2) is 73.6 Å². The Morgan fingerprint density at radius 3 is 2.50 bits per heavy atom. The number of aliphatic imine (C=N–C) groups is 1. The van der Waals surface area contributed by atoms with Crippen LogP contribution in [0, 0.1) is 0 Å². The Kier molecular flexibility index (Phi) is 7.84. The van der Waals surface area contributed by atoms with Gasteiger partial charge < -0.3 is 14.9 Å². The number of hydrogen-bond acceptors (Lipinski definition) is 9. The van der Waals surface area contributed by atoms with Crippen LogP contribution in [-0.2, 0) is 25.5 Å². The molecule has 0 aliphatic heterocycles. The van der Waals surface area contributed by atoms with Gasteiger partial charge in [-0.3, -0.25) is 0 Å². The van der Waals surface area contributed by atoms with Crippen molar-refractivity contribution in [3.63, 3.8) is 0 Å². The van der Waals surface area contributed by atoms with E-state index in [1.54, 1.807) is 0 Å². The minimum absolute atomic E-state index is 0.0303. The van der Waals surface area contributed by atoms with E-state index >= 15 is 0 Å². The lowest BCUT2D eigenvalue weighted by Crippen LogP contribution is -2.19. The minimum atomic E-state index is -4.76. The van der Waals surface area contributed by atoms with Crippen LogP contribution < -0.4 is 5.73 Å². The molecular formula is C22H18ClF3N4O5S. The molecule has 0 bridgehead atoms. The summed E-state index contributed by atoms with van der Waals surface area (Å²) >= 11 is 6.25. The predicted molar refractivity (Wildman–Crippen MR) is 124 cm³/mol. The second kappa shape index (κ2) is 10.5. The Morgan fingerprint density at radius 1 is 1.17 bits per heavy atom. The molecule has 0 aliphatic rings. The number of benzene rings is 2. The molecule has 36 heavy (non-hydrogen) atoms. The van der Waals surface area contributed by atoms with Crippen LogP contribution in [0.1, 0.15) is 18.4 Å². The molecule has 0 radical (unpaired) electrons. The number of ether oxygens (including phenoxy) is 1. The van der Waals surface area contributed by atoms with E-state index in [1.807, 2.05) is 0 Å². The predicted octanol–water partition coefficient (Wildman–Crippen LogP) is 4.25. The van der Waals surface area contributed by atoms with E-state index in [1.165, 1.54) is 43.3 Å². The molecule has 0 amide bonds. The number of halogens is 4. The number of rotatable bonds is 7. The van der Waals surface area contributed by atoms with Crippen molar-refractivity contribution < 1.29 is 35.5 Å². The topological polar surface area (TPSA) is 138 Å². The fourth-order valence-corrected chi connectivity index (χ4v) is 3.71. The third kappa shape index (κ3) is 6.10. The van der Waals surface area contributed by atoms with Crippen molar-refractivity contribution in [2.75, 3.05) is 12.9 Å². The summed E-state index contributed by atoms with van der Waals surface area (Å²) in [5.74, 6) is -1.71. The molecule has 0 spiro atoms. The van der Waals surface area contributed by atoms with Gasteiger partial charge in [-0.15, -0.1) is 10.2 Å². The van der Waals surface area contributed by atoms with Crippen molar-refractivity contribution in [1.29, 1.82) is 0 Å². The number of carbonyl (C=O) groups excluding carboxylic acids is 1. The van der Waals surface area contributed by atoms with Crippen LogP contribution in [0.5, 0.6) is 0 Å². The zero-order chi connectivity index (χ0) is 26.7. The first-order valence-corrected chi connectivity index (χ1v) is 12.3. The van der Waals surface area contributed by atoms with Crippen molar-refractivity contribution in [1.82, 2.24) is 10.2 Å². The van der Waals surface area contributed by atoms with Crippen LogP contribution in [0.25, 0.3) is 11.5 Å². The Labute approximate surface area is 208 Å².